The lowest BCUT2D eigenvalue weighted by molar-refractivity contribution is -0.0309. The highest BCUT2D eigenvalue weighted by atomic mass is 16.5. The van der Waals surface area contributed by atoms with Gasteiger partial charge in [0, 0.05) is 0 Å². The molecular weight excluding hydrogens is 268 g/mol. The zero-order valence-corrected chi connectivity index (χ0v) is 13.4. The summed E-state index contributed by atoms with van der Waals surface area (Å²) in [6, 6.07) is 0. The molecule has 3 N–H and O–H groups in total. The summed E-state index contributed by atoms with van der Waals surface area (Å²) in [4.78, 5) is 0. The standard InChI is InChI=1S/C17H32O4/c1-3-4-8-14(18)15(19)9-6-5-7-10-16(20)17-12-11-13(2)21-17/h5-6,13-20H,3-4,7-12H2,1-2H3/b6-5-/t13-,14?,15?,16+,17+/m1/s1. The van der Waals surface area contributed by atoms with Gasteiger partial charge in [-0.05, 0) is 45.4 Å². The van der Waals surface area contributed by atoms with Gasteiger partial charge >= 0.3 is 0 Å². The lowest BCUT2D eigenvalue weighted by Crippen LogP contribution is -2.25. The molecule has 1 aliphatic heterocycles. The van der Waals surface area contributed by atoms with Crippen LogP contribution in [0.15, 0.2) is 12.2 Å². The quantitative estimate of drug-likeness (QED) is 0.542. The molecule has 0 saturated carbocycles. The van der Waals surface area contributed by atoms with Gasteiger partial charge < -0.3 is 20.1 Å². The Labute approximate surface area is 128 Å². The van der Waals surface area contributed by atoms with E-state index in [1.807, 2.05) is 19.1 Å². The molecule has 0 spiro atoms. The highest BCUT2D eigenvalue weighted by molar-refractivity contribution is 4.88. The van der Waals surface area contributed by atoms with Crippen LogP contribution in [0.4, 0.5) is 0 Å². The van der Waals surface area contributed by atoms with Crippen molar-refractivity contribution in [3.63, 3.8) is 0 Å². The van der Waals surface area contributed by atoms with E-state index in [2.05, 4.69) is 6.92 Å². The number of hydrogen-bond acceptors (Lipinski definition) is 4. The molecule has 0 aliphatic carbocycles. The lowest BCUT2D eigenvalue weighted by Gasteiger charge is -2.17. The van der Waals surface area contributed by atoms with Gasteiger partial charge in [-0.15, -0.1) is 0 Å². The summed E-state index contributed by atoms with van der Waals surface area (Å²) < 4.78 is 5.64. The average Bonchev–Trinajstić information content (AvgIpc) is 2.90. The molecule has 2 unspecified atom stereocenters. The molecule has 21 heavy (non-hydrogen) atoms. The number of unbranched alkanes of at least 4 members (excludes halogenated alkanes) is 1. The summed E-state index contributed by atoms with van der Waals surface area (Å²) >= 11 is 0. The van der Waals surface area contributed by atoms with E-state index in [0.717, 1.165) is 32.1 Å². The third kappa shape index (κ3) is 7.41. The van der Waals surface area contributed by atoms with Gasteiger partial charge in [0.1, 0.15) is 0 Å². The molecule has 0 bridgehead atoms. The van der Waals surface area contributed by atoms with E-state index in [0.29, 0.717) is 19.3 Å². The minimum Gasteiger partial charge on any atom is -0.390 e. The minimum absolute atomic E-state index is 0.0187. The van der Waals surface area contributed by atoms with E-state index >= 15 is 0 Å². The van der Waals surface area contributed by atoms with Crippen molar-refractivity contribution in [1.82, 2.24) is 0 Å². The summed E-state index contributed by atoms with van der Waals surface area (Å²) in [5.74, 6) is 0. The average molecular weight is 300 g/mol. The van der Waals surface area contributed by atoms with Crippen molar-refractivity contribution in [2.24, 2.45) is 0 Å². The Hall–Kier alpha value is -0.420. The maximum atomic E-state index is 10.0. The predicted molar refractivity (Wildman–Crippen MR) is 84.1 cm³/mol. The first kappa shape index (κ1) is 18.6. The summed E-state index contributed by atoms with van der Waals surface area (Å²) in [5, 5.41) is 29.5. The topological polar surface area (TPSA) is 69.9 Å². The maximum Gasteiger partial charge on any atom is 0.0838 e. The van der Waals surface area contributed by atoms with Crippen LogP contribution in [0.1, 0.15) is 65.2 Å². The van der Waals surface area contributed by atoms with E-state index in [-0.39, 0.29) is 12.2 Å². The van der Waals surface area contributed by atoms with Gasteiger partial charge in [0.05, 0.1) is 30.5 Å². The zero-order valence-electron chi connectivity index (χ0n) is 13.4. The lowest BCUT2D eigenvalue weighted by atomic mass is 10.0. The Morgan fingerprint density at radius 2 is 1.86 bits per heavy atom. The molecule has 0 aromatic heterocycles. The SMILES string of the molecule is CCCCC(O)C(O)C/C=C\CC[C@H](O)[C@@H]1CC[C@@H](C)O1. The van der Waals surface area contributed by atoms with Crippen LogP contribution in [0.5, 0.6) is 0 Å². The van der Waals surface area contributed by atoms with Crippen molar-refractivity contribution in [3.05, 3.63) is 12.2 Å². The van der Waals surface area contributed by atoms with Crippen LogP contribution in [-0.4, -0.2) is 45.8 Å². The Kier molecular flexibility index (Phi) is 9.16. The highest BCUT2D eigenvalue weighted by Gasteiger charge is 2.27. The molecule has 0 aromatic rings. The van der Waals surface area contributed by atoms with E-state index in [4.69, 9.17) is 4.74 Å². The fraction of sp³-hybridized carbons (Fsp3) is 0.882. The third-order valence-electron chi connectivity index (χ3n) is 4.16. The van der Waals surface area contributed by atoms with Gasteiger partial charge in [0.25, 0.3) is 0 Å². The normalized spacial score (nSPS) is 27.1. The molecule has 1 heterocycles. The van der Waals surface area contributed by atoms with E-state index < -0.39 is 18.3 Å². The highest BCUT2D eigenvalue weighted by Crippen LogP contribution is 2.23. The third-order valence-corrected chi connectivity index (χ3v) is 4.16. The molecule has 1 aliphatic rings. The largest absolute Gasteiger partial charge is 0.390 e. The maximum absolute atomic E-state index is 10.0. The fourth-order valence-corrected chi connectivity index (χ4v) is 2.69. The summed E-state index contributed by atoms with van der Waals surface area (Å²) in [7, 11) is 0. The Morgan fingerprint density at radius 3 is 2.48 bits per heavy atom. The van der Waals surface area contributed by atoms with E-state index in [1.54, 1.807) is 0 Å². The van der Waals surface area contributed by atoms with Gasteiger partial charge in [0.2, 0.25) is 0 Å². The summed E-state index contributed by atoms with van der Waals surface area (Å²) in [5.41, 5.74) is 0. The Bertz CT molecular complexity index is 293. The monoisotopic (exact) mass is 300 g/mol. The van der Waals surface area contributed by atoms with Crippen LogP contribution in [0.3, 0.4) is 0 Å². The van der Waals surface area contributed by atoms with Gasteiger partial charge in [-0.3, -0.25) is 0 Å². The van der Waals surface area contributed by atoms with Crippen LogP contribution < -0.4 is 0 Å². The van der Waals surface area contributed by atoms with Crippen molar-refractivity contribution < 1.29 is 20.1 Å². The first-order valence-corrected chi connectivity index (χ1v) is 8.39. The van der Waals surface area contributed by atoms with Crippen molar-refractivity contribution >= 4 is 0 Å². The molecule has 1 rings (SSSR count). The Morgan fingerprint density at radius 1 is 1.10 bits per heavy atom. The van der Waals surface area contributed by atoms with Crippen LogP contribution in [0, 0.1) is 0 Å². The van der Waals surface area contributed by atoms with Crippen molar-refractivity contribution in [2.75, 3.05) is 0 Å². The van der Waals surface area contributed by atoms with Crippen molar-refractivity contribution in [2.45, 2.75) is 95.7 Å². The molecule has 124 valence electrons. The van der Waals surface area contributed by atoms with E-state index in [1.165, 1.54) is 0 Å². The minimum atomic E-state index is -0.684. The molecule has 4 heteroatoms. The first-order valence-electron chi connectivity index (χ1n) is 8.39. The summed E-state index contributed by atoms with van der Waals surface area (Å²) in [6.45, 7) is 4.11. The van der Waals surface area contributed by atoms with Crippen LogP contribution in [0.2, 0.25) is 0 Å². The predicted octanol–water partition coefficient (Wildman–Crippen LogP) is 2.55. The smallest absolute Gasteiger partial charge is 0.0838 e. The molecule has 1 saturated heterocycles. The van der Waals surface area contributed by atoms with Crippen LogP contribution >= 0.6 is 0 Å². The summed E-state index contributed by atoms with van der Waals surface area (Å²) in [6.07, 6.45) is 8.90. The van der Waals surface area contributed by atoms with Crippen molar-refractivity contribution in [3.8, 4) is 0 Å². The van der Waals surface area contributed by atoms with Gasteiger partial charge in [-0.2, -0.15) is 0 Å². The molecule has 1 fully saturated rings. The second-order valence-electron chi connectivity index (χ2n) is 6.19. The number of aliphatic hydroxyl groups is 3. The second kappa shape index (κ2) is 10.3. The molecule has 0 radical (unpaired) electrons. The zero-order chi connectivity index (χ0) is 15.7. The molecule has 4 nitrogen and oxygen atoms in total. The van der Waals surface area contributed by atoms with E-state index in [9.17, 15) is 15.3 Å². The first-order chi connectivity index (χ1) is 10.0. The number of aliphatic hydroxyl groups excluding tert-OH is 3. The molecular formula is C17H32O4. The molecule has 0 amide bonds. The second-order valence-corrected chi connectivity index (χ2v) is 6.19. The van der Waals surface area contributed by atoms with Gasteiger partial charge in [-0.25, -0.2) is 0 Å². The number of ether oxygens (including phenoxy) is 1. The van der Waals surface area contributed by atoms with Crippen LogP contribution in [-0.2, 0) is 4.74 Å². The molecule has 0 aromatic carbocycles. The Balaban J connectivity index is 2.11. The van der Waals surface area contributed by atoms with Crippen LogP contribution in [0.25, 0.3) is 0 Å². The fourth-order valence-electron chi connectivity index (χ4n) is 2.69. The number of rotatable bonds is 10. The van der Waals surface area contributed by atoms with Gasteiger partial charge in [0.15, 0.2) is 0 Å². The van der Waals surface area contributed by atoms with Gasteiger partial charge in [-0.1, -0.05) is 31.9 Å². The number of hydrogen-bond donors (Lipinski definition) is 3. The number of allylic oxidation sites excluding steroid dienone is 1. The molecule has 5 atom stereocenters. The van der Waals surface area contributed by atoms with Crippen molar-refractivity contribution in [1.29, 1.82) is 0 Å².